The van der Waals surface area contributed by atoms with Crippen molar-refractivity contribution >= 4 is 46.6 Å². The van der Waals surface area contributed by atoms with Gasteiger partial charge in [-0.3, -0.25) is 14.2 Å². The van der Waals surface area contributed by atoms with Crippen LogP contribution in [0.1, 0.15) is 30.4 Å². The number of ether oxygens (including phenoxy) is 1. The zero-order valence-corrected chi connectivity index (χ0v) is 21.5. The van der Waals surface area contributed by atoms with E-state index in [2.05, 4.69) is 10.4 Å². The Balaban J connectivity index is 1.75. The van der Waals surface area contributed by atoms with Gasteiger partial charge in [0.1, 0.15) is 23.5 Å². The number of thiophene rings is 1. The topological polar surface area (TPSA) is 98.5 Å². The number of carbonyl (C=O) groups is 2. The molecule has 0 aliphatic carbocycles. The largest absolute Gasteiger partial charge is 0.378 e. The fourth-order valence-electron chi connectivity index (χ4n) is 3.82. The van der Waals surface area contributed by atoms with Gasteiger partial charge in [-0.15, -0.1) is 11.3 Å². The molecular formula is C24H28ClN5O4S. The number of anilines is 2. The molecule has 35 heavy (non-hydrogen) atoms. The smallest absolute Gasteiger partial charge is 0.275 e. The van der Waals surface area contributed by atoms with E-state index in [1.165, 1.54) is 20.6 Å². The lowest BCUT2D eigenvalue weighted by Gasteiger charge is -2.28. The number of carbonyl (C=O) groups excluding carboxylic acids is 2. The van der Waals surface area contributed by atoms with Gasteiger partial charge >= 0.3 is 0 Å². The molecule has 4 heterocycles. The Morgan fingerprint density at radius 2 is 1.97 bits per heavy atom. The second-order valence-corrected chi connectivity index (χ2v) is 11.0. The number of hydrogen-bond acceptors (Lipinski definition) is 8. The standard InChI is InChI=1S/C24H28ClN5O4S/c1-24(2,3)23(33)30-21(26-15-16-4-7-20(25)35-16)14-17(27-30)18-5-6-19(22(32)29(18)8-11-31)28-9-12-34-13-10-28/h4-7,11,14,26H,8-10,12-13,15H2,1-3H3. The van der Waals surface area contributed by atoms with Gasteiger partial charge in [0.15, 0.2) is 0 Å². The lowest BCUT2D eigenvalue weighted by atomic mass is 9.96. The number of pyridine rings is 1. The van der Waals surface area contributed by atoms with Crippen molar-refractivity contribution in [3.63, 3.8) is 0 Å². The highest BCUT2D eigenvalue weighted by Crippen LogP contribution is 2.28. The predicted octanol–water partition coefficient (Wildman–Crippen LogP) is 3.76. The van der Waals surface area contributed by atoms with Crippen LogP contribution >= 0.6 is 22.9 Å². The average molecular weight is 518 g/mol. The zero-order chi connectivity index (χ0) is 25.2. The van der Waals surface area contributed by atoms with Crippen molar-refractivity contribution < 1.29 is 14.3 Å². The van der Waals surface area contributed by atoms with E-state index in [4.69, 9.17) is 16.3 Å². The molecule has 4 rings (SSSR count). The first kappa shape index (κ1) is 25.2. The molecule has 0 spiro atoms. The number of halogens is 1. The van der Waals surface area contributed by atoms with Gasteiger partial charge in [0.05, 0.1) is 36.3 Å². The highest BCUT2D eigenvalue weighted by Gasteiger charge is 2.28. The number of aldehydes is 1. The van der Waals surface area contributed by atoms with Crippen LogP contribution < -0.4 is 15.8 Å². The van der Waals surface area contributed by atoms with E-state index in [-0.39, 0.29) is 18.0 Å². The maximum Gasteiger partial charge on any atom is 0.275 e. The number of hydrogen-bond donors (Lipinski definition) is 1. The molecule has 1 N–H and O–H groups in total. The molecule has 9 nitrogen and oxygen atoms in total. The van der Waals surface area contributed by atoms with Crippen molar-refractivity contribution in [1.82, 2.24) is 14.3 Å². The van der Waals surface area contributed by atoms with Crippen LogP contribution in [0.3, 0.4) is 0 Å². The molecule has 0 radical (unpaired) electrons. The summed E-state index contributed by atoms with van der Waals surface area (Å²) in [7, 11) is 0. The van der Waals surface area contributed by atoms with Crippen molar-refractivity contribution in [2.45, 2.75) is 33.9 Å². The predicted molar refractivity (Wildman–Crippen MR) is 138 cm³/mol. The second-order valence-electron chi connectivity index (χ2n) is 9.23. The molecule has 0 bridgehead atoms. The van der Waals surface area contributed by atoms with Crippen LogP contribution in [-0.4, -0.2) is 52.8 Å². The van der Waals surface area contributed by atoms with Gasteiger partial charge in [-0.25, -0.2) is 0 Å². The molecule has 1 aliphatic rings. The van der Waals surface area contributed by atoms with E-state index in [0.717, 1.165) is 4.88 Å². The number of aromatic nitrogens is 3. The van der Waals surface area contributed by atoms with Gasteiger partial charge < -0.3 is 19.7 Å². The Bertz CT molecular complexity index is 1280. The van der Waals surface area contributed by atoms with Crippen molar-refractivity contribution in [1.29, 1.82) is 0 Å². The summed E-state index contributed by atoms with van der Waals surface area (Å²) in [5.41, 5.74) is 0.422. The maximum absolute atomic E-state index is 13.3. The van der Waals surface area contributed by atoms with Crippen LogP contribution in [0.25, 0.3) is 11.4 Å². The maximum atomic E-state index is 13.3. The average Bonchev–Trinajstić information content (AvgIpc) is 3.44. The van der Waals surface area contributed by atoms with Crippen LogP contribution in [0, 0.1) is 5.41 Å². The van der Waals surface area contributed by atoms with E-state index < -0.39 is 5.41 Å². The molecule has 3 aromatic heterocycles. The molecule has 1 saturated heterocycles. The second kappa shape index (κ2) is 10.3. The molecule has 11 heteroatoms. The monoisotopic (exact) mass is 517 g/mol. The Morgan fingerprint density at radius 1 is 1.23 bits per heavy atom. The van der Waals surface area contributed by atoms with Gasteiger partial charge in [-0.2, -0.15) is 9.78 Å². The minimum absolute atomic E-state index is 0.122. The number of nitrogens with one attached hydrogen (secondary N) is 1. The minimum Gasteiger partial charge on any atom is -0.378 e. The highest BCUT2D eigenvalue weighted by molar-refractivity contribution is 7.16. The summed E-state index contributed by atoms with van der Waals surface area (Å²) >= 11 is 7.49. The summed E-state index contributed by atoms with van der Waals surface area (Å²) in [6.45, 7) is 8.07. The molecule has 1 aliphatic heterocycles. The molecule has 3 aromatic rings. The zero-order valence-electron chi connectivity index (χ0n) is 19.9. The fourth-order valence-corrected chi connectivity index (χ4v) is 4.85. The minimum atomic E-state index is -0.686. The Kier molecular flexibility index (Phi) is 7.44. The lowest BCUT2D eigenvalue weighted by molar-refractivity contribution is -0.108. The Morgan fingerprint density at radius 3 is 2.60 bits per heavy atom. The molecular weight excluding hydrogens is 490 g/mol. The Hall–Kier alpha value is -2.95. The molecule has 0 amide bonds. The van der Waals surface area contributed by atoms with Crippen LogP contribution in [0.5, 0.6) is 0 Å². The summed E-state index contributed by atoms with van der Waals surface area (Å²) in [5.74, 6) is 0.288. The van der Waals surface area contributed by atoms with E-state index in [1.54, 1.807) is 18.2 Å². The van der Waals surface area contributed by atoms with E-state index >= 15 is 0 Å². The summed E-state index contributed by atoms with van der Waals surface area (Å²) < 4.78 is 8.80. The van der Waals surface area contributed by atoms with Gasteiger partial charge in [-0.1, -0.05) is 32.4 Å². The van der Waals surface area contributed by atoms with Crippen molar-refractivity contribution in [3.05, 3.63) is 49.9 Å². The van der Waals surface area contributed by atoms with Gasteiger partial charge in [0.2, 0.25) is 0 Å². The van der Waals surface area contributed by atoms with Gasteiger partial charge in [0, 0.05) is 29.4 Å². The number of morpholine rings is 1. The summed E-state index contributed by atoms with van der Waals surface area (Å²) in [6, 6.07) is 8.98. The van der Waals surface area contributed by atoms with Crippen LogP contribution in [0.4, 0.5) is 11.5 Å². The van der Waals surface area contributed by atoms with E-state index in [1.807, 2.05) is 37.8 Å². The van der Waals surface area contributed by atoms with E-state index in [0.29, 0.717) is 66.4 Å². The number of nitrogens with zero attached hydrogens (tertiary/aromatic N) is 4. The molecule has 0 saturated carbocycles. The fraction of sp³-hybridized carbons (Fsp3) is 0.417. The third kappa shape index (κ3) is 5.50. The summed E-state index contributed by atoms with van der Waals surface area (Å²) in [5, 5.41) is 7.83. The quantitative estimate of drug-likeness (QED) is 0.476. The molecule has 0 unspecified atom stereocenters. The molecule has 1 fully saturated rings. The highest BCUT2D eigenvalue weighted by atomic mass is 35.5. The van der Waals surface area contributed by atoms with Crippen molar-refractivity contribution in [3.8, 4) is 11.4 Å². The van der Waals surface area contributed by atoms with Gasteiger partial charge in [0.25, 0.3) is 11.5 Å². The third-order valence-electron chi connectivity index (χ3n) is 5.64. The van der Waals surface area contributed by atoms with Crippen molar-refractivity contribution in [2.75, 3.05) is 36.5 Å². The third-order valence-corrected chi connectivity index (χ3v) is 6.87. The molecule has 0 atom stereocenters. The van der Waals surface area contributed by atoms with Crippen molar-refractivity contribution in [2.24, 2.45) is 5.41 Å². The summed E-state index contributed by atoms with van der Waals surface area (Å²) in [6.07, 6.45) is 0.686. The lowest BCUT2D eigenvalue weighted by Crippen LogP contribution is -2.40. The van der Waals surface area contributed by atoms with E-state index in [9.17, 15) is 14.4 Å². The van der Waals surface area contributed by atoms with Crippen LogP contribution in [0.15, 0.2) is 35.1 Å². The SMILES string of the molecule is CC(C)(C)C(=O)n1nc(-c2ccc(N3CCOCC3)c(=O)n2CC=O)cc1NCc1ccc(Cl)s1. The van der Waals surface area contributed by atoms with Crippen LogP contribution in [-0.2, 0) is 22.6 Å². The van der Waals surface area contributed by atoms with Crippen LogP contribution in [0.2, 0.25) is 4.34 Å². The normalized spacial score (nSPS) is 14.2. The molecule has 186 valence electrons. The first-order valence-electron chi connectivity index (χ1n) is 11.3. The number of rotatable bonds is 7. The first-order valence-corrected chi connectivity index (χ1v) is 12.5. The summed E-state index contributed by atoms with van der Waals surface area (Å²) in [4.78, 5) is 41.0. The molecule has 0 aromatic carbocycles. The van der Waals surface area contributed by atoms with Gasteiger partial charge in [-0.05, 0) is 24.3 Å². The first-order chi connectivity index (χ1) is 16.7. The Labute approximate surface area is 212 Å².